The topological polar surface area (TPSA) is 70.4 Å². The third-order valence-corrected chi connectivity index (χ3v) is 3.14. The maximum absolute atomic E-state index is 12.2. The van der Waals surface area contributed by atoms with Crippen LogP contribution in [0.15, 0.2) is 17.1 Å². The lowest BCUT2D eigenvalue weighted by Crippen LogP contribution is -2.34. The van der Waals surface area contributed by atoms with Crippen molar-refractivity contribution < 1.29 is 14.3 Å². The molecule has 0 fully saturated rings. The number of carbonyl (C=O) groups is 1. The molecule has 122 valence electrons. The summed E-state index contributed by atoms with van der Waals surface area (Å²) in [4.78, 5) is 24.2. The van der Waals surface area contributed by atoms with Crippen LogP contribution in [0.4, 0.5) is 0 Å². The number of aromatic nitrogens is 2. The van der Waals surface area contributed by atoms with Gasteiger partial charge < -0.3 is 9.47 Å². The number of esters is 1. The maximum Gasteiger partial charge on any atom is 0.330 e. The van der Waals surface area contributed by atoms with Gasteiger partial charge in [0.15, 0.2) is 6.04 Å². The van der Waals surface area contributed by atoms with E-state index in [1.54, 1.807) is 13.0 Å². The van der Waals surface area contributed by atoms with Gasteiger partial charge in [0.05, 0.1) is 25.7 Å². The Morgan fingerprint density at radius 3 is 2.68 bits per heavy atom. The van der Waals surface area contributed by atoms with Gasteiger partial charge in [0.1, 0.15) is 0 Å². The Hall–Kier alpha value is -2.11. The largest absolute Gasteiger partial charge is 0.501 e. The first-order valence-electron chi connectivity index (χ1n) is 7.37. The van der Waals surface area contributed by atoms with E-state index in [-0.39, 0.29) is 11.5 Å². The van der Waals surface area contributed by atoms with Crippen LogP contribution in [0.3, 0.4) is 0 Å². The van der Waals surface area contributed by atoms with Crippen molar-refractivity contribution in [2.24, 2.45) is 5.92 Å². The van der Waals surface area contributed by atoms with Gasteiger partial charge in [-0.2, -0.15) is 5.10 Å². The van der Waals surface area contributed by atoms with Gasteiger partial charge in [-0.15, -0.1) is 0 Å². The number of carbonyl (C=O) groups excluding carboxylic acids is 1. The SMILES string of the molecule is CCO/C=C/c1nn([C@@H](CC(C)C)C(=O)OC)c(=O)cc1C. The summed E-state index contributed by atoms with van der Waals surface area (Å²) < 4.78 is 11.2. The highest BCUT2D eigenvalue weighted by Crippen LogP contribution is 2.17. The van der Waals surface area contributed by atoms with Crippen LogP contribution in [-0.2, 0) is 14.3 Å². The highest BCUT2D eigenvalue weighted by molar-refractivity contribution is 5.74. The van der Waals surface area contributed by atoms with Crippen LogP contribution in [0.25, 0.3) is 6.08 Å². The minimum Gasteiger partial charge on any atom is -0.501 e. The Morgan fingerprint density at radius 1 is 1.45 bits per heavy atom. The van der Waals surface area contributed by atoms with Crippen molar-refractivity contribution in [3.63, 3.8) is 0 Å². The van der Waals surface area contributed by atoms with Crippen LogP contribution in [0, 0.1) is 12.8 Å². The molecule has 0 aliphatic rings. The summed E-state index contributed by atoms with van der Waals surface area (Å²) in [6.45, 7) is 8.17. The Balaban J connectivity index is 3.27. The van der Waals surface area contributed by atoms with Crippen molar-refractivity contribution in [1.29, 1.82) is 0 Å². The van der Waals surface area contributed by atoms with Crippen molar-refractivity contribution in [3.8, 4) is 0 Å². The first kappa shape index (κ1) is 17.9. The van der Waals surface area contributed by atoms with Crippen molar-refractivity contribution in [1.82, 2.24) is 9.78 Å². The van der Waals surface area contributed by atoms with Crippen LogP contribution < -0.4 is 5.56 Å². The number of nitrogens with zero attached hydrogens (tertiary/aromatic N) is 2. The average molecular weight is 308 g/mol. The molecule has 0 aliphatic heterocycles. The zero-order valence-corrected chi connectivity index (χ0v) is 13.8. The van der Waals surface area contributed by atoms with E-state index in [0.717, 1.165) is 5.56 Å². The van der Waals surface area contributed by atoms with Gasteiger partial charge in [0.2, 0.25) is 0 Å². The fourth-order valence-electron chi connectivity index (χ4n) is 2.04. The Morgan fingerprint density at radius 2 is 2.14 bits per heavy atom. The zero-order chi connectivity index (χ0) is 16.7. The second-order valence-electron chi connectivity index (χ2n) is 5.42. The number of methoxy groups -OCH3 is 1. The summed E-state index contributed by atoms with van der Waals surface area (Å²) in [6.07, 6.45) is 3.69. The van der Waals surface area contributed by atoms with E-state index in [9.17, 15) is 9.59 Å². The highest BCUT2D eigenvalue weighted by Gasteiger charge is 2.25. The molecule has 0 radical (unpaired) electrons. The lowest BCUT2D eigenvalue weighted by atomic mass is 10.0. The summed E-state index contributed by atoms with van der Waals surface area (Å²) in [5, 5.41) is 4.30. The Kier molecular flexibility index (Phi) is 6.82. The summed E-state index contributed by atoms with van der Waals surface area (Å²) in [5.41, 5.74) is 0.998. The van der Waals surface area contributed by atoms with Crippen molar-refractivity contribution >= 4 is 12.0 Å². The summed E-state index contributed by atoms with van der Waals surface area (Å²) in [6, 6.07) is 0.742. The molecular weight excluding hydrogens is 284 g/mol. The van der Waals surface area contributed by atoms with Gasteiger partial charge in [-0.05, 0) is 31.7 Å². The predicted molar refractivity (Wildman–Crippen MR) is 84.4 cm³/mol. The molecule has 0 aliphatic carbocycles. The lowest BCUT2D eigenvalue weighted by Gasteiger charge is -2.19. The number of rotatable bonds is 7. The fraction of sp³-hybridized carbons (Fsp3) is 0.562. The summed E-state index contributed by atoms with van der Waals surface area (Å²) >= 11 is 0. The van der Waals surface area contributed by atoms with E-state index in [4.69, 9.17) is 9.47 Å². The van der Waals surface area contributed by atoms with E-state index >= 15 is 0 Å². The molecule has 6 heteroatoms. The van der Waals surface area contributed by atoms with E-state index in [0.29, 0.717) is 18.7 Å². The maximum atomic E-state index is 12.2. The fourth-order valence-corrected chi connectivity index (χ4v) is 2.04. The smallest absolute Gasteiger partial charge is 0.330 e. The van der Waals surface area contributed by atoms with Crippen LogP contribution >= 0.6 is 0 Å². The molecule has 0 N–H and O–H groups in total. The van der Waals surface area contributed by atoms with Crippen molar-refractivity contribution in [2.45, 2.75) is 40.2 Å². The first-order chi connectivity index (χ1) is 10.4. The molecule has 0 saturated heterocycles. The van der Waals surface area contributed by atoms with Gasteiger partial charge in [0.25, 0.3) is 5.56 Å². The molecule has 0 bridgehead atoms. The second-order valence-corrected chi connectivity index (χ2v) is 5.42. The molecule has 0 amide bonds. The summed E-state index contributed by atoms with van der Waals surface area (Å²) in [5.74, 6) is -0.242. The minimum atomic E-state index is -0.725. The second kappa shape index (κ2) is 8.36. The van der Waals surface area contributed by atoms with Crippen molar-refractivity contribution in [3.05, 3.63) is 33.9 Å². The first-order valence-corrected chi connectivity index (χ1v) is 7.37. The molecule has 1 aromatic rings. The quantitative estimate of drug-likeness (QED) is 0.571. The monoisotopic (exact) mass is 308 g/mol. The molecule has 0 aromatic carbocycles. The van der Waals surface area contributed by atoms with Gasteiger partial charge in [-0.1, -0.05) is 13.8 Å². The van der Waals surface area contributed by atoms with E-state index in [1.807, 2.05) is 20.8 Å². The molecule has 1 rings (SSSR count). The van der Waals surface area contributed by atoms with Gasteiger partial charge in [0, 0.05) is 12.1 Å². The van der Waals surface area contributed by atoms with Gasteiger partial charge in [-0.3, -0.25) is 4.79 Å². The molecule has 6 nitrogen and oxygen atoms in total. The number of ether oxygens (including phenoxy) is 2. The number of aryl methyl sites for hydroxylation is 1. The predicted octanol–water partition coefficient (Wildman–Crippen LogP) is 2.32. The summed E-state index contributed by atoms with van der Waals surface area (Å²) in [7, 11) is 1.31. The van der Waals surface area contributed by atoms with E-state index in [1.165, 1.54) is 24.1 Å². The zero-order valence-electron chi connectivity index (χ0n) is 13.8. The van der Waals surface area contributed by atoms with Crippen LogP contribution in [-0.4, -0.2) is 29.5 Å². The van der Waals surface area contributed by atoms with E-state index in [2.05, 4.69) is 5.10 Å². The Bertz CT molecular complexity index is 590. The molecule has 22 heavy (non-hydrogen) atoms. The standard InChI is InChI=1S/C16H24N2O4/c1-6-22-8-7-13-12(4)10-15(19)18(17-13)14(9-11(2)3)16(20)21-5/h7-8,10-11,14H,6,9H2,1-5H3/b8-7+/t14-/m0/s1. The van der Waals surface area contributed by atoms with Crippen LogP contribution in [0.5, 0.6) is 0 Å². The normalized spacial score (nSPS) is 12.6. The van der Waals surface area contributed by atoms with Crippen LogP contribution in [0.2, 0.25) is 0 Å². The molecule has 1 aromatic heterocycles. The molecule has 0 unspecified atom stereocenters. The van der Waals surface area contributed by atoms with Crippen molar-refractivity contribution in [2.75, 3.05) is 13.7 Å². The third-order valence-electron chi connectivity index (χ3n) is 3.14. The Labute approximate surface area is 130 Å². The van der Waals surface area contributed by atoms with Crippen LogP contribution in [0.1, 0.15) is 44.5 Å². The van der Waals surface area contributed by atoms with E-state index < -0.39 is 12.0 Å². The molecular formula is C16H24N2O4. The lowest BCUT2D eigenvalue weighted by molar-refractivity contribution is -0.145. The van der Waals surface area contributed by atoms with Gasteiger partial charge >= 0.3 is 5.97 Å². The third kappa shape index (κ3) is 4.72. The molecule has 1 atom stereocenters. The minimum absolute atomic E-state index is 0.224. The molecule has 0 spiro atoms. The molecule has 0 saturated carbocycles. The average Bonchev–Trinajstić information content (AvgIpc) is 2.46. The number of hydrogen-bond donors (Lipinski definition) is 0. The van der Waals surface area contributed by atoms with Gasteiger partial charge in [-0.25, -0.2) is 9.48 Å². The number of hydrogen-bond acceptors (Lipinski definition) is 5. The molecule has 1 heterocycles. The highest BCUT2D eigenvalue weighted by atomic mass is 16.5.